The van der Waals surface area contributed by atoms with E-state index in [0.29, 0.717) is 24.4 Å². The Morgan fingerprint density at radius 2 is 2.21 bits per heavy atom. The Morgan fingerprint density at radius 1 is 1.42 bits per heavy atom. The molecule has 0 aromatic heterocycles. The molecule has 0 aliphatic rings. The fourth-order valence-electron chi connectivity index (χ4n) is 1.33. The van der Waals surface area contributed by atoms with Crippen LogP contribution in [0.4, 0.5) is 10.5 Å². The van der Waals surface area contributed by atoms with Crippen LogP contribution in [0.3, 0.4) is 0 Å². The quantitative estimate of drug-likeness (QED) is 0.537. The summed E-state index contributed by atoms with van der Waals surface area (Å²) in [6.07, 6.45) is 2.49. The number of rotatable bonds is 6. The second kappa shape index (κ2) is 7.88. The van der Waals surface area contributed by atoms with Crippen molar-refractivity contribution in [2.75, 3.05) is 25.6 Å². The largest absolute Gasteiger partial charge is 0.478 e. The molecule has 6 heteroatoms. The van der Waals surface area contributed by atoms with Crippen molar-refractivity contribution in [3.05, 3.63) is 35.9 Å². The van der Waals surface area contributed by atoms with Gasteiger partial charge in [0.1, 0.15) is 0 Å². The predicted octanol–water partition coefficient (Wildman–Crippen LogP) is 1.55. The number of hydrogen-bond donors (Lipinski definition) is 3. The molecule has 3 N–H and O–H groups in total. The van der Waals surface area contributed by atoms with Crippen molar-refractivity contribution in [3.63, 3.8) is 0 Å². The number of benzene rings is 1. The molecule has 1 aromatic carbocycles. The smallest absolute Gasteiger partial charge is 0.328 e. The average molecular weight is 264 g/mol. The van der Waals surface area contributed by atoms with Crippen molar-refractivity contribution in [2.45, 2.75) is 0 Å². The third-order valence-electron chi connectivity index (χ3n) is 2.15. The van der Waals surface area contributed by atoms with E-state index in [1.165, 1.54) is 6.08 Å². The van der Waals surface area contributed by atoms with Crippen molar-refractivity contribution >= 4 is 23.8 Å². The molecule has 0 heterocycles. The van der Waals surface area contributed by atoms with Gasteiger partial charge in [0.25, 0.3) is 0 Å². The number of ether oxygens (including phenoxy) is 1. The van der Waals surface area contributed by atoms with Gasteiger partial charge in [-0.05, 0) is 23.8 Å². The fourth-order valence-corrected chi connectivity index (χ4v) is 1.33. The van der Waals surface area contributed by atoms with Gasteiger partial charge >= 0.3 is 12.0 Å². The van der Waals surface area contributed by atoms with E-state index in [0.717, 1.165) is 6.08 Å². The van der Waals surface area contributed by atoms with E-state index in [4.69, 9.17) is 9.84 Å². The molecule has 0 unspecified atom stereocenters. The molecule has 0 spiro atoms. The lowest BCUT2D eigenvalue weighted by atomic mass is 10.2. The molecule has 0 fully saturated rings. The molecule has 0 aliphatic heterocycles. The highest BCUT2D eigenvalue weighted by Crippen LogP contribution is 2.11. The molecule has 6 nitrogen and oxygen atoms in total. The third kappa shape index (κ3) is 6.23. The molecule has 0 atom stereocenters. The second-order valence-electron chi connectivity index (χ2n) is 3.67. The summed E-state index contributed by atoms with van der Waals surface area (Å²) in [6.45, 7) is 0.857. The van der Waals surface area contributed by atoms with E-state index >= 15 is 0 Å². The Labute approximate surface area is 111 Å². The van der Waals surface area contributed by atoms with Crippen LogP contribution in [0.2, 0.25) is 0 Å². The van der Waals surface area contributed by atoms with E-state index in [1.807, 2.05) is 0 Å². The zero-order valence-corrected chi connectivity index (χ0v) is 10.6. The molecule has 0 saturated carbocycles. The van der Waals surface area contributed by atoms with Crippen LogP contribution in [-0.2, 0) is 9.53 Å². The van der Waals surface area contributed by atoms with E-state index in [-0.39, 0.29) is 6.03 Å². The summed E-state index contributed by atoms with van der Waals surface area (Å²) >= 11 is 0. The number of carbonyl (C=O) groups excluding carboxylic acids is 1. The maximum absolute atomic E-state index is 11.5. The summed E-state index contributed by atoms with van der Waals surface area (Å²) in [5.41, 5.74) is 1.28. The summed E-state index contributed by atoms with van der Waals surface area (Å²) in [5, 5.41) is 13.8. The van der Waals surface area contributed by atoms with Gasteiger partial charge < -0.3 is 20.5 Å². The van der Waals surface area contributed by atoms with Gasteiger partial charge in [0.05, 0.1) is 6.61 Å². The third-order valence-corrected chi connectivity index (χ3v) is 2.15. The molecule has 1 aromatic rings. The van der Waals surface area contributed by atoms with Crippen LogP contribution in [-0.4, -0.2) is 37.4 Å². The van der Waals surface area contributed by atoms with Crippen LogP contribution >= 0.6 is 0 Å². The van der Waals surface area contributed by atoms with Gasteiger partial charge in [0, 0.05) is 25.4 Å². The molecule has 0 bridgehead atoms. The minimum absolute atomic E-state index is 0.337. The monoisotopic (exact) mass is 264 g/mol. The number of carboxylic acids is 1. The molecule has 0 radical (unpaired) electrons. The SMILES string of the molecule is COCCNC(=O)Nc1cccc(/C=C/C(=O)O)c1. The van der Waals surface area contributed by atoms with Crippen LogP contribution in [0.15, 0.2) is 30.3 Å². The maximum atomic E-state index is 11.5. The number of methoxy groups -OCH3 is 1. The van der Waals surface area contributed by atoms with Crippen LogP contribution in [0, 0.1) is 0 Å². The molecule has 1 rings (SSSR count). The van der Waals surface area contributed by atoms with E-state index in [2.05, 4.69) is 10.6 Å². The Bertz CT molecular complexity index is 471. The van der Waals surface area contributed by atoms with Crippen molar-refractivity contribution in [1.82, 2.24) is 5.32 Å². The van der Waals surface area contributed by atoms with Gasteiger partial charge in [-0.1, -0.05) is 12.1 Å². The Balaban J connectivity index is 2.56. The normalized spacial score (nSPS) is 10.4. The first kappa shape index (κ1) is 14.7. The number of aliphatic carboxylic acids is 1. The van der Waals surface area contributed by atoms with Crippen molar-refractivity contribution < 1.29 is 19.4 Å². The average Bonchev–Trinajstić information content (AvgIpc) is 2.37. The van der Waals surface area contributed by atoms with Gasteiger partial charge in [-0.25, -0.2) is 9.59 Å². The highest BCUT2D eigenvalue weighted by atomic mass is 16.5. The van der Waals surface area contributed by atoms with Gasteiger partial charge in [-0.3, -0.25) is 0 Å². The Morgan fingerprint density at radius 3 is 2.89 bits per heavy atom. The minimum Gasteiger partial charge on any atom is -0.478 e. The van der Waals surface area contributed by atoms with Crippen LogP contribution in [0.5, 0.6) is 0 Å². The van der Waals surface area contributed by atoms with Gasteiger partial charge in [-0.15, -0.1) is 0 Å². The van der Waals surface area contributed by atoms with Crippen molar-refractivity contribution in [1.29, 1.82) is 0 Å². The topological polar surface area (TPSA) is 87.7 Å². The number of carboxylic acid groups (broad SMARTS) is 1. The van der Waals surface area contributed by atoms with Gasteiger partial charge in [-0.2, -0.15) is 0 Å². The van der Waals surface area contributed by atoms with E-state index in [1.54, 1.807) is 31.4 Å². The molecule has 19 heavy (non-hydrogen) atoms. The van der Waals surface area contributed by atoms with E-state index < -0.39 is 5.97 Å². The minimum atomic E-state index is -1.02. The first-order chi connectivity index (χ1) is 9.11. The summed E-state index contributed by atoms with van der Waals surface area (Å²) in [7, 11) is 1.55. The first-order valence-electron chi connectivity index (χ1n) is 5.66. The number of anilines is 1. The molecule has 102 valence electrons. The van der Waals surface area contributed by atoms with Crippen LogP contribution < -0.4 is 10.6 Å². The Kier molecular flexibility index (Phi) is 6.11. The zero-order valence-electron chi connectivity index (χ0n) is 10.6. The summed E-state index contributed by atoms with van der Waals surface area (Å²) < 4.78 is 4.81. The maximum Gasteiger partial charge on any atom is 0.328 e. The summed E-state index contributed by atoms with van der Waals surface area (Å²) in [4.78, 5) is 21.9. The molecule has 0 saturated heterocycles. The highest BCUT2D eigenvalue weighted by molar-refractivity contribution is 5.90. The molecule has 2 amide bonds. The lowest BCUT2D eigenvalue weighted by Crippen LogP contribution is -2.31. The van der Waals surface area contributed by atoms with Crippen LogP contribution in [0.1, 0.15) is 5.56 Å². The van der Waals surface area contributed by atoms with Crippen molar-refractivity contribution in [2.24, 2.45) is 0 Å². The number of amides is 2. The molecular weight excluding hydrogens is 248 g/mol. The Hall–Kier alpha value is -2.34. The number of carbonyl (C=O) groups is 2. The first-order valence-corrected chi connectivity index (χ1v) is 5.66. The number of nitrogens with one attached hydrogen (secondary N) is 2. The zero-order chi connectivity index (χ0) is 14.1. The second-order valence-corrected chi connectivity index (χ2v) is 3.67. The lowest BCUT2D eigenvalue weighted by molar-refractivity contribution is -0.131. The molecular formula is C13H16N2O4. The van der Waals surface area contributed by atoms with E-state index in [9.17, 15) is 9.59 Å². The predicted molar refractivity (Wildman–Crippen MR) is 72.0 cm³/mol. The lowest BCUT2D eigenvalue weighted by Gasteiger charge is -2.07. The summed E-state index contributed by atoms with van der Waals surface area (Å²) in [5.74, 6) is -1.02. The standard InChI is InChI=1S/C13H16N2O4/c1-19-8-7-14-13(18)15-11-4-2-3-10(9-11)5-6-12(16)17/h2-6,9H,7-8H2,1H3,(H,16,17)(H2,14,15,18)/b6-5+. The number of urea groups is 1. The van der Waals surface area contributed by atoms with Crippen LogP contribution in [0.25, 0.3) is 6.08 Å². The summed E-state index contributed by atoms with van der Waals surface area (Å²) in [6, 6.07) is 6.53. The van der Waals surface area contributed by atoms with Gasteiger partial charge in [0.15, 0.2) is 0 Å². The number of hydrogen-bond acceptors (Lipinski definition) is 3. The van der Waals surface area contributed by atoms with Gasteiger partial charge in [0.2, 0.25) is 0 Å². The fraction of sp³-hybridized carbons (Fsp3) is 0.231. The molecule has 0 aliphatic carbocycles. The highest BCUT2D eigenvalue weighted by Gasteiger charge is 2.00. The van der Waals surface area contributed by atoms with Crippen molar-refractivity contribution in [3.8, 4) is 0 Å².